The number of aliphatic imine (C=N–C) groups is 1. The average Bonchev–Trinajstić information content (AvgIpc) is 2.99. The minimum absolute atomic E-state index is 0.0801. The van der Waals surface area contributed by atoms with Crippen molar-refractivity contribution in [3.05, 3.63) is 81.5 Å². The summed E-state index contributed by atoms with van der Waals surface area (Å²) >= 11 is 1.01. The fourth-order valence-electron chi connectivity index (χ4n) is 2.57. The number of phenolic OH excluding ortho intramolecular Hbond substituents is 1. The van der Waals surface area contributed by atoms with E-state index in [-0.39, 0.29) is 28.7 Å². The molecule has 0 bridgehead atoms. The quantitative estimate of drug-likeness (QED) is 0.727. The standard InChI is InChI=1S/C22H19NO5S/c1-3-28-22(27)18-19(25)17(12-14-6-10-16(24)11-7-14)29-21(18)23-20(26)15-8-4-13(2)5-9-15/h4-12,24-25H,3H2,1-2H3/b17-12-,23-21?. The third-order valence-corrected chi connectivity index (χ3v) is 5.08. The van der Waals surface area contributed by atoms with Crippen molar-refractivity contribution in [2.45, 2.75) is 13.8 Å². The summed E-state index contributed by atoms with van der Waals surface area (Å²) in [4.78, 5) is 29.3. The van der Waals surface area contributed by atoms with Gasteiger partial charge in [-0.05, 0) is 49.8 Å². The summed E-state index contributed by atoms with van der Waals surface area (Å²) in [6.07, 6.45) is 1.64. The Morgan fingerprint density at radius 1 is 1.07 bits per heavy atom. The maximum atomic E-state index is 12.5. The monoisotopic (exact) mass is 409 g/mol. The lowest BCUT2D eigenvalue weighted by molar-refractivity contribution is -0.138. The number of rotatable bonds is 4. The van der Waals surface area contributed by atoms with Crippen molar-refractivity contribution >= 4 is 34.8 Å². The largest absolute Gasteiger partial charge is 0.508 e. The number of hydrogen-bond donors (Lipinski definition) is 2. The molecule has 0 saturated carbocycles. The third-order valence-electron chi connectivity index (χ3n) is 4.06. The molecule has 0 saturated heterocycles. The van der Waals surface area contributed by atoms with Gasteiger partial charge in [0.2, 0.25) is 0 Å². The first-order valence-corrected chi connectivity index (χ1v) is 9.70. The molecule has 3 rings (SSSR count). The van der Waals surface area contributed by atoms with E-state index in [1.54, 1.807) is 49.4 Å². The Hall–Kier alpha value is -3.32. The van der Waals surface area contributed by atoms with E-state index in [1.165, 1.54) is 12.1 Å². The van der Waals surface area contributed by atoms with Crippen LogP contribution in [-0.2, 0) is 9.53 Å². The first kappa shape index (κ1) is 20.4. The number of carbonyl (C=O) groups is 2. The Morgan fingerprint density at radius 3 is 2.34 bits per heavy atom. The zero-order valence-corrected chi connectivity index (χ0v) is 16.7. The summed E-state index contributed by atoms with van der Waals surface area (Å²) in [6.45, 7) is 3.68. The molecule has 29 heavy (non-hydrogen) atoms. The highest BCUT2D eigenvalue weighted by Gasteiger charge is 2.33. The average molecular weight is 409 g/mol. The lowest BCUT2D eigenvalue weighted by Crippen LogP contribution is -2.14. The number of aliphatic hydroxyl groups is 1. The summed E-state index contributed by atoms with van der Waals surface area (Å²) in [6, 6.07) is 13.2. The van der Waals surface area contributed by atoms with Gasteiger partial charge >= 0.3 is 5.97 Å². The van der Waals surface area contributed by atoms with Gasteiger partial charge in [0.25, 0.3) is 5.91 Å². The molecule has 1 aliphatic heterocycles. The molecule has 7 heteroatoms. The highest BCUT2D eigenvalue weighted by molar-refractivity contribution is 8.18. The number of aliphatic hydroxyl groups excluding tert-OH is 1. The van der Waals surface area contributed by atoms with Gasteiger partial charge in [-0.1, -0.05) is 41.6 Å². The molecule has 2 aromatic carbocycles. The fraction of sp³-hybridized carbons (Fsp3) is 0.136. The van der Waals surface area contributed by atoms with Crippen LogP contribution in [0.3, 0.4) is 0 Å². The topological polar surface area (TPSA) is 96.2 Å². The van der Waals surface area contributed by atoms with Gasteiger partial charge in [-0.25, -0.2) is 9.79 Å². The van der Waals surface area contributed by atoms with Crippen LogP contribution >= 0.6 is 11.8 Å². The second-order valence-corrected chi connectivity index (χ2v) is 7.27. The van der Waals surface area contributed by atoms with E-state index in [2.05, 4.69) is 4.99 Å². The van der Waals surface area contributed by atoms with E-state index >= 15 is 0 Å². The number of carbonyl (C=O) groups excluding carboxylic acids is 2. The Balaban J connectivity index is 1.99. The van der Waals surface area contributed by atoms with Crippen LogP contribution in [0, 0.1) is 6.92 Å². The molecule has 1 heterocycles. The lowest BCUT2D eigenvalue weighted by atomic mass is 10.1. The number of nitrogens with zero attached hydrogens (tertiary/aromatic N) is 1. The van der Waals surface area contributed by atoms with Crippen LogP contribution in [0.25, 0.3) is 6.08 Å². The van der Waals surface area contributed by atoms with E-state index in [9.17, 15) is 19.8 Å². The molecule has 0 aromatic heterocycles. The second kappa shape index (κ2) is 8.79. The van der Waals surface area contributed by atoms with Gasteiger partial charge in [-0.3, -0.25) is 4.79 Å². The fourth-order valence-corrected chi connectivity index (χ4v) is 3.58. The van der Waals surface area contributed by atoms with Gasteiger partial charge in [0.15, 0.2) is 0 Å². The van der Waals surface area contributed by atoms with Crippen LogP contribution in [0.5, 0.6) is 5.75 Å². The molecule has 2 N–H and O–H groups in total. The summed E-state index contributed by atoms with van der Waals surface area (Å²) in [5.41, 5.74) is 1.95. The highest BCUT2D eigenvalue weighted by atomic mass is 32.2. The number of thioether (sulfide) groups is 1. The maximum Gasteiger partial charge on any atom is 0.344 e. The molecule has 0 atom stereocenters. The zero-order chi connectivity index (χ0) is 21.0. The predicted molar refractivity (Wildman–Crippen MR) is 113 cm³/mol. The molecule has 2 aromatic rings. The first-order chi connectivity index (χ1) is 13.9. The number of aromatic hydroxyl groups is 1. The van der Waals surface area contributed by atoms with Gasteiger partial charge in [0.05, 0.1) is 11.5 Å². The number of aryl methyl sites for hydroxylation is 1. The molecular weight excluding hydrogens is 390 g/mol. The maximum absolute atomic E-state index is 12.5. The molecule has 6 nitrogen and oxygen atoms in total. The van der Waals surface area contributed by atoms with Crippen molar-refractivity contribution in [1.82, 2.24) is 0 Å². The Kier molecular flexibility index (Phi) is 6.19. The van der Waals surface area contributed by atoms with Crippen molar-refractivity contribution in [3.8, 4) is 5.75 Å². The van der Waals surface area contributed by atoms with Crippen LogP contribution in [0.4, 0.5) is 0 Å². The first-order valence-electron chi connectivity index (χ1n) is 8.88. The van der Waals surface area contributed by atoms with E-state index in [0.29, 0.717) is 16.0 Å². The van der Waals surface area contributed by atoms with Crippen molar-refractivity contribution in [1.29, 1.82) is 0 Å². The van der Waals surface area contributed by atoms with Crippen LogP contribution in [-0.4, -0.2) is 33.7 Å². The lowest BCUT2D eigenvalue weighted by Gasteiger charge is -2.03. The second-order valence-electron chi connectivity index (χ2n) is 6.23. The zero-order valence-electron chi connectivity index (χ0n) is 15.9. The normalized spacial score (nSPS) is 16.5. The van der Waals surface area contributed by atoms with Gasteiger partial charge in [0.1, 0.15) is 22.1 Å². The van der Waals surface area contributed by atoms with Gasteiger partial charge in [-0.15, -0.1) is 0 Å². The smallest absolute Gasteiger partial charge is 0.344 e. The third kappa shape index (κ3) is 4.75. The molecule has 0 spiro atoms. The van der Waals surface area contributed by atoms with Crippen LogP contribution in [0.15, 0.2) is 69.8 Å². The van der Waals surface area contributed by atoms with E-state index in [0.717, 1.165) is 17.3 Å². The molecule has 0 unspecified atom stereocenters. The molecule has 0 aliphatic carbocycles. The number of amides is 1. The minimum Gasteiger partial charge on any atom is -0.508 e. The summed E-state index contributed by atoms with van der Waals surface area (Å²) < 4.78 is 5.02. The van der Waals surface area contributed by atoms with Crippen molar-refractivity contribution in [3.63, 3.8) is 0 Å². The summed E-state index contributed by atoms with van der Waals surface area (Å²) in [7, 11) is 0. The summed E-state index contributed by atoms with van der Waals surface area (Å²) in [5, 5.41) is 20.1. The SMILES string of the molecule is CCOC(=O)C1=C(O)/C(=C/c2ccc(O)cc2)SC1=NC(=O)c1ccc(C)cc1. The van der Waals surface area contributed by atoms with E-state index in [1.807, 2.05) is 6.92 Å². The predicted octanol–water partition coefficient (Wildman–Crippen LogP) is 4.40. The molecule has 1 amide bonds. The molecule has 1 aliphatic rings. The Bertz CT molecular complexity index is 1030. The Morgan fingerprint density at radius 2 is 1.72 bits per heavy atom. The molecule has 0 fully saturated rings. The van der Waals surface area contributed by atoms with Crippen LogP contribution < -0.4 is 0 Å². The van der Waals surface area contributed by atoms with Crippen LogP contribution in [0.2, 0.25) is 0 Å². The molecular formula is C22H19NO5S. The van der Waals surface area contributed by atoms with Crippen molar-refractivity contribution in [2.75, 3.05) is 6.61 Å². The number of benzene rings is 2. The van der Waals surface area contributed by atoms with Gasteiger partial charge < -0.3 is 14.9 Å². The molecule has 148 valence electrons. The minimum atomic E-state index is -0.748. The summed E-state index contributed by atoms with van der Waals surface area (Å²) in [5.74, 6) is -1.45. The van der Waals surface area contributed by atoms with E-state index < -0.39 is 11.9 Å². The van der Waals surface area contributed by atoms with Crippen molar-refractivity contribution in [2.24, 2.45) is 4.99 Å². The number of phenols is 1. The number of ether oxygens (including phenoxy) is 1. The Labute approximate surface area is 172 Å². The van der Waals surface area contributed by atoms with Crippen LogP contribution in [0.1, 0.15) is 28.4 Å². The van der Waals surface area contributed by atoms with Gasteiger partial charge in [0, 0.05) is 5.56 Å². The number of hydrogen-bond acceptors (Lipinski definition) is 6. The number of esters is 1. The highest BCUT2D eigenvalue weighted by Crippen LogP contribution is 2.39. The van der Waals surface area contributed by atoms with E-state index in [4.69, 9.17) is 4.74 Å². The van der Waals surface area contributed by atoms with Gasteiger partial charge in [-0.2, -0.15) is 0 Å². The van der Waals surface area contributed by atoms with Crippen molar-refractivity contribution < 1.29 is 24.5 Å². The molecule has 0 radical (unpaired) electrons.